The first-order valence-corrected chi connectivity index (χ1v) is 11.1. The molecule has 0 aliphatic rings. The molecule has 5 nitrogen and oxygen atoms in total. The summed E-state index contributed by atoms with van der Waals surface area (Å²) in [6, 6.07) is 12.5. The number of aromatic amines is 1. The van der Waals surface area contributed by atoms with E-state index < -0.39 is 0 Å². The molecule has 0 fully saturated rings. The number of nitrogens with zero attached hydrogens (tertiary/aromatic N) is 2. The Hall–Kier alpha value is -2.02. The van der Waals surface area contributed by atoms with Crippen LogP contribution in [0.3, 0.4) is 0 Å². The van der Waals surface area contributed by atoms with Gasteiger partial charge in [0, 0.05) is 21.8 Å². The van der Waals surface area contributed by atoms with Crippen molar-refractivity contribution in [3.05, 3.63) is 74.3 Å². The largest absolute Gasteiger partial charge is 0.332 e. The molecule has 0 atom stereocenters. The third-order valence-corrected chi connectivity index (χ3v) is 5.98. The number of carbonyl (C=O) groups excluding carboxylic acids is 1. The number of H-pyrrole nitrogens is 1. The lowest BCUT2D eigenvalue weighted by molar-refractivity contribution is -0.130. The zero-order valence-electron chi connectivity index (χ0n) is 16.1. The van der Waals surface area contributed by atoms with Crippen molar-refractivity contribution < 1.29 is 4.79 Å². The van der Waals surface area contributed by atoms with Crippen LogP contribution in [0.25, 0.3) is 10.9 Å². The average molecular weight is 450 g/mol. The van der Waals surface area contributed by atoms with E-state index >= 15 is 0 Å². The fourth-order valence-electron chi connectivity index (χ4n) is 2.90. The highest BCUT2D eigenvalue weighted by Crippen LogP contribution is 2.25. The minimum absolute atomic E-state index is 0.0223. The molecule has 8 heteroatoms. The minimum Gasteiger partial charge on any atom is -0.332 e. The number of carbonyl (C=O) groups is 1. The highest BCUT2D eigenvalue weighted by Gasteiger charge is 2.19. The summed E-state index contributed by atoms with van der Waals surface area (Å²) in [5, 5.41) is 1.72. The Morgan fingerprint density at radius 3 is 2.69 bits per heavy atom. The first-order chi connectivity index (χ1) is 13.8. The first-order valence-electron chi connectivity index (χ1n) is 9.14. The van der Waals surface area contributed by atoms with Crippen molar-refractivity contribution in [1.82, 2.24) is 14.9 Å². The molecule has 1 aromatic heterocycles. The number of halogens is 2. The number of benzene rings is 2. The molecule has 0 saturated heterocycles. The molecule has 3 aromatic rings. The van der Waals surface area contributed by atoms with Crippen LogP contribution in [-0.2, 0) is 17.1 Å². The van der Waals surface area contributed by atoms with E-state index in [1.54, 1.807) is 35.2 Å². The number of aromatic nitrogens is 2. The van der Waals surface area contributed by atoms with Gasteiger partial charge >= 0.3 is 0 Å². The lowest BCUT2D eigenvalue weighted by Gasteiger charge is -2.26. The molecule has 152 valence electrons. The first kappa shape index (κ1) is 21.7. The molecule has 2 aromatic carbocycles. The van der Waals surface area contributed by atoms with Crippen LogP contribution in [0.2, 0.25) is 10.0 Å². The van der Waals surface area contributed by atoms with Gasteiger partial charge in [0.2, 0.25) is 5.91 Å². The molecular formula is C21H21Cl2N3O2S. The van der Waals surface area contributed by atoms with E-state index in [0.29, 0.717) is 38.3 Å². The SMILES string of the molecule is CC(C)N(Cc1nc2ccccc2c(=O)[nH]1)C(=O)CSCc1ccc(Cl)cc1Cl. The molecule has 0 unspecified atom stereocenters. The average Bonchev–Trinajstić information content (AvgIpc) is 2.67. The third kappa shape index (κ3) is 5.53. The highest BCUT2D eigenvalue weighted by molar-refractivity contribution is 7.99. The number of hydrogen-bond donors (Lipinski definition) is 1. The normalized spacial score (nSPS) is 11.2. The number of fused-ring (bicyclic) bond motifs is 1. The van der Waals surface area contributed by atoms with Crippen molar-refractivity contribution in [2.24, 2.45) is 0 Å². The summed E-state index contributed by atoms with van der Waals surface area (Å²) in [7, 11) is 0. The van der Waals surface area contributed by atoms with E-state index in [1.165, 1.54) is 11.8 Å². The summed E-state index contributed by atoms with van der Waals surface area (Å²) in [4.78, 5) is 34.1. The second-order valence-electron chi connectivity index (χ2n) is 6.87. The number of nitrogens with one attached hydrogen (secondary N) is 1. The van der Waals surface area contributed by atoms with Gasteiger partial charge in [-0.15, -0.1) is 11.8 Å². The lowest BCUT2D eigenvalue weighted by Crippen LogP contribution is -2.38. The van der Waals surface area contributed by atoms with Gasteiger partial charge in [-0.2, -0.15) is 0 Å². The summed E-state index contributed by atoms with van der Waals surface area (Å²) in [5.41, 5.74) is 1.35. The fraction of sp³-hybridized carbons (Fsp3) is 0.286. The number of hydrogen-bond acceptors (Lipinski definition) is 4. The van der Waals surface area contributed by atoms with Crippen molar-refractivity contribution in [2.45, 2.75) is 32.2 Å². The highest BCUT2D eigenvalue weighted by atomic mass is 35.5. The van der Waals surface area contributed by atoms with Crippen molar-refractivity contribution in [2.75, 3.05) is 5.75 Å². The van der Waals surface area contributed by atoms with E-state index in [-0.39, 0.29) is 24.1 Å². The van der Waals surface area contributed by atoms with Crippen molar-refractivity contribution >= 4 is 51.8 Å². The van der Waals surface area contributed by atoms with Crippen LogP contribution in [0.1, 0.15) is 25.2 Å². The second-order valence-corrected chi connectivity index (χ2v) is 8.70. The number of amides is 1. The summed E-state index contributed by atoms with van der Waals surface area (Å²) in [6.45, 7) is 4.13. The van der Waals surface area contributed by atoms with Gasteiger partial charge in [0.05, 0.1) is 23.2 Å². The predicted octanol–water partition coefficient (Wildman–Crippen LogP) is 4.90. The molecule has 0 saturated carbocycles. The molecule has 0 aliphatic carbocycles. The van der Waals surface area contributed by atoms with Gasteiger partial charge in [-0.3, -0.25) is 9.59 Å². The predicted molar refractivity (Wildman–Crippen MR) is 121 cm³/mol. The van der Waals surface area contributed by atoms with Crippen LogP contribution in [0.15, 0.2) is 47.3 Å². The van der Waals surface area contributed by atoms with Crippen LogP contribution in [0.5, 0.6) is 0 Å². The van der Waals surface area contributed by atoms with Gasteiger partial charge in [-0.25, -0.2) is 4.98 Å². The van der Waals surface area contributed by atoms with Crippen LogP contribution in [-0.4, -0.2) is 32.6 Å². The molecule has 0 aliphatic heterocycles. The molecule has 29 heavy (non-hydrogen) atoms. The standard InChI is InChI=1S/C21H21Cl2N3O2S/c1-13(2)26(10-19-24-18-6-4-3-5-16(18)21(28)25-19)20(27)12-29-11-14-7-8-15(22)9-17(14)23/h3-9,13H,10-12H2,1-2H3,(H,24,25,28). The maximum absolute atomic E-state index is 12.8. The molecule has 1 N–H and O–H groups in total. The van der Waals surface area contributed by atoms with Gasteiger partial charge in [0.25, 0.3) is 5.56 Å². The van der Waals surface area contributed by atoms with E-state index in [9.17, 15) is 9.59 Å². The third-order valence-electron chi connectivity index (χ3n) is 4.42. The zero-order chi connectivity index (χ0) is 21.0. The number of rotatable bonds is 7. The molecule has 0 spiro atoms. The van der Waals surface area contributed by atoms with Gasteiger partial charge in [-0.05, 0) is 43.7 Å². The van der Waals surface area contributed by atoms with Crippen LogP contribution < -0.4 is 5.56 Å². The van der Waals surface area contributed by atoms with E-state index in [2.05, 4.69) is 9.97 Å². The number of para-hydroxylation sites is 1. The Morgan fingerprint density at radius 2 is 1.97 bits per heavy atom. The summed E-state index contributed by atoms with van der Waals surface area (Å²) < 4.78 is 0. The molecule has 0 bridgehead atoms. The number of thioether (sulfide) groups is 1. The lowest BCUT2D eigenvalue weighted by atomic mass is 10.2. The van der Waals surface area contributed by atoms with Crippen LogP contribution in [0, 0.1) is 0 Å². The maximum atomic E-state index is 12.8. The van der Waals surface area contributed by atoms with Gasteiger partial charge in [-0.1, -0.05) is 41.4 Å². The molecule has 1 amide bonds. The van der Waals surface area contributed by atoms with Gasteiger partial charge in [0.1, 0.15) is 5.82 Å². The van der Waals surface area contributed by atoms with Crippen molar-refractivity contribution in [3.8, 4) is 0 Å². The summed E-state index contributed by atoms with van der Waals surface area (Å²) >= 11 is 13.6. The topological polar surface area (TPSA) is 66.1 Å². The van der Waals surface area contributed by atoms with E-state index in [0.717, 1.165) is 5.56 Å². The van der Waals surface area contributed by atoms with Crippen molar-refractivity contribution in [1.29, 1.82) is 0 Å². The Kier molecular flexibility index (Phi) is 7.22. The molecule has 3 rings (SSSR count). The Morgan fingerprint density at radius 1 is 1.21 bits per heavy atom. The van der Waals surface area contributed by atoms with Crippen LogP contribution in [0.4, 0.5) is 0 Å². The Bertz CT molecular complexity index is 1080. The van der Waals surface area contributed by atoms with Crippen molar-refractivity contribution in [3.63, 3.8) is 0 Å². The summed E-state index contributed by atoms with van der Waals surface area (Å²) in [6.07, 6.45) is 0. The molecule has 0 radical (unpaired) electrons. The minimum atomic E-state index is -0.200. The quantitative estimate of drug-likeness (QED) is 0.556. The summed E-state index contributed by atoms with van der Waals surface area (Å²) in [5.74, 6) is 1.36. The van der Waals surface area contributed by atoms with Gasteiger partial charge in [0.15, 0.2) is 0 Å². The Balaban J connectivity index is 1.67. The smallest absolute Gasteiger partial charge is 0.258 e. The monoisotopic (exact) mass is 449 g/mol. The van der Waals surface area contributed by atoms with Gasteiger partial charge < -0.3 is 9.88 Å². The molecular weight excluding hydrogens is 429 g/mol. The molecule has 1 heterocycles. The van der Waals surface area contributed by atoms with E-state index in [1.807, 2.05) is 26.0 Å². The maximum Gasteiger partial charge on any atom is 0.258 e. The second kappa shape index (κ2) is 9.65. The van der Waals surface area contributed by atoms with E-state index in [4.69, 9.17) is 23.2 Å². The fourth-order valence-corrected chi connectivity index (χ4v) is 4.37. The van der Waals surface area contributed by atoms with Crippen LogP contribution >= 0.6 is 35.0 Å². The zero-order valence-corrected chi connectivity index (χ0v) is 18.4. The Labute approximate surface area is 183 Å².